The number of anilines is 5. The minimum absolute atomic E-state index is 0.0131. The molecule has 25 nitrogen and oxygen atoms in total. The maximum atomic E-state index is 12.9. The number of ether oxygens (including phenoxy) is 2. The minimum atomic E-state index is -1.45. The van der Waals surface area contributed by atoms with E-state index in [9.17, 15) is 43.8 Å². The van der Waals surface area contributed by atoms with E-state index >= 15 is 0 Å². The smallest absolute Gasteiger partial charge is 0.480 e. The Kier molecular flexibility index (Phi) is 18.8. The summed E-state index contributed by atoms with van der Waals surface area (Å²) in [6.07, 6.45) is 3.79. The van der Waals surface area contributed by atoms with Gasteiger partial charge in [-0.15, -0.1) is 0 Å². The van der Waals surface area contributed by atoms with Crippen molar-refractivity contribution < 1.29 is 48.5 Å². The van der Waals surface area contributed by atoms with E-state index in [1.807, 2.05) is 25.1 Å². The molecule has 1 saturated heterocycles. The number of aryl methyl sites for hydroxylation is 1. The molecule has 2 aliphatic heterocycles. The molecule has 392 valence electrons. The number of carbonyl (C=O) groups is 6. The number of benzene rings is 1. The van der Waals surface area contributed by atoms with Gasteiger partial charge >= 0.3 is 18.1 Å². The van der Waals surface area contributed by atoms with Gasteiger partial charge in [0.05, 0.1) is 43.7 Å². The number of hydrogen-bond acceptors (Lipinski definition) is 21. The van der Waals surface area contributed by atoms with Gasteiger partial charge in [-0.05, 0) is 74.7 Å². The van der Waals surface area contributed by atoms with Crippen LogP contribution in [-0.2, 0) is 48.2 Å². The molecule has 11 N–H and O–H groups in total. The number of piperidine rings is 1. The van der Waals surface area contributed by atoms with Gasteiger partial charge in [-0.3, -0.25) is 24.2 Å². The van der Waals surface area contributed by atoms with Gasteiger partial charge in [0.2, 0.25) is 17.8 Å². The van der Waals surface area contributed by atoms with Crippen molar-refractivity contribution in [2.24, 2.45) is 5.92 Å². The summed E-state index contributed by atoms with van der Waals surface area (Å²) in [6.45, 7) is 5.71. The SMILES string of the molecule is Cc1cc2c(c(N)n1)CC(=O)N2Cc1ccc(NCCN2CCCC(COC(=O)OCCSSC[C@H](NC(=O)CC[C@H](NC(=O)c3ccc(NCc4cnc5nc(N)[nH]c(=O)c5n4)cc3)C(=O)O)C(=O)O)C2)nc1. The largest absolute Gasteiger partial charge is 0.508 e. The van der Waals surface area contributed by atoms with Crippen molar-refractivity contribution in [2.75, 3.05) is 77.9 Å². The Bertz CT molecular complexity index is 2900. The first-order valence-electron chi connectivity index (χ1n) is 23.5. The second-order valence-electron chi connectivity index (χ2n) is 17.4. The van der Waals surface area contributed by atoms with Gasteiger partial charge in [0, 0.05) is 72.2 Å². The van der Waals surface area contributed by atoms with Crippen LogP contribution in [0.2, 0.25) is 0 Å². The third kappa shape index (κ3) is 15.4. The lowest BCUT2D eigenvalue weighted by Crippen LogP contribution is -2.44. The number of carboxylic acid groups (broad SMARTS) is 2. The molecule has 7 rings (SSSR count). The molecule has 0 bridgehead atoms. The number of aromatic amines is 1. The predicted molar refractivity (Wildman–Crippen MR) is 276 cm³/mol. The van der Waals surface area contributed by atoms with Crippen LogP contribution in [0, 0.1) is 12.8 Å². The first-order valence-corrected chi connectivity index (χ1v) is 26.0. The Morgan fingerprint density at radius 1 is 0.932 bits per heavy atom. The number of carboxylic acids is 2. The Balaban J connectivity index is 0.726. The zero-order valence-corrected chi connectivity index (χ0v) is 41.8. The fourth-order valence-corrected chi connectivity index (χ4v) is 10.1. The van der Waals surface area contributed by atoms with E-state index in [0.717, 1.165) is 71.6 Å². The minimum Gasteiger partial charge on any atom is -0.480 e. The number of nitrogen functional groups attached to an aromatic ring is 2. The van der Waals surface area contributed by atoms with Crippen LogP contribution in [0.5, 0.6) is 0 Å². The normalized spacial score (nSPS) is 15.2. The van der Waals surface area contributed by atoms with Crippen molar-refractivity contribution in [1.82, 2.24) is 45.4 Å². The van der Waals surface area contributed by atoms with Crippen LogP contribution in [0.25, 0.3) is 11.2 Å². The summed E-state index contributed by atoms with van der Waals surface area (Å²) in [7, 11) is 2.38. The van der Waals surface area contributed by atoms with Gasteiger partial charge in [-0.1, -0.05) is 27.7 Å². The average molecular weight is 1060 g/mol. The molecule has 0 saturated carbocycles. The van der Waals surface area contributed by atoms with E-state index in [-0.39, 0.29) is 79.3 Å². The molecule has 0 aliphatic carbocycles. The Morgan fingerprint density at radius 2 is 1.73 bits per heavy atom. The number of nitrogens with one attached hydrogen (secondary N) is 5. The van der Waals surface area contributed by atoms with Crippen LogP contribution in [0.3, 0.4) is 0 Å². The van der Waals surface area contributed by atoms with Crippen molar-refractivity contribution in [3.05, 3.63) is 93.3 Å². The third-order valence-electron chi connectivity index (χ3n) is 11.8. The van der Waals surface area contributed by atoms with Gasteiger partial charge in [0.15, 0.2) is 11.2 Å². The molecule has 4 aromatic heterocycles. The van der Waals surface area contributed by atoms with Crippen LogP contribution >= 0.6 is 21.6 Å². The molecule has 1 aromatic carbocycles. The molecule has 27 heteroatoms. The van der Waals surface area contributed by atoms with Crippen molar-refractivity contribution in [2.45, 2.75) is 64.2 Å². The number of aliphatic carboxylic acids is 2. The molecule has 74 heavy (non-hydrogen) atoms. The number of amides is 3. The van der Waals surface area contributed by atoms with Crippen molar-refractivity contribution >= 4 is 97.5 Å². The van der Waals surface area contributed by atoms with E-state index in [1.165, 1.54) is 29.1 Å². The predicted octanol–water partition coefficient (Wildman–Crippen LogP) is 2.57. The highest BCUT2D eigenvalue weighted by Crippen LogP contribution is 2.34. The lowest BCUT2D eigenvalue weighted by Gasteiger charge is -2.32. The van der Waals surface area contributed by atoms with Crippen LogP contribution in [0.1, 0.15) is 58.6 Å². The van der Waals surface area contributed by atoms with E-state index in [0.29, 0.717) is 36.0 Å². The van der Waals surface area contributed by atoms with Gasteiger partial charge in [-0.25, -0.2) is 34.3 Å². The number of fused-ring (bicyclic) bond motifs is 2. The number of aromatic nitrogens is 6. The van der Waals surface area contributed by atoms with Gasteiger partial charge < -0.3 is 62.2 Å². The molecule has 0 radical (unpaired) electrons. The number of nitrogens with two attached hydrogens (primary N) is 2. The van der Waals surface area contributed by atoms with Crippen molar-refractivity contribution in [3.63, 3.8) is 0 Å². The number of pyridine rings is 2. The lowest BCUT2D eigenvalue weighted by atomic mass is 9.99. The highest BCUT2D eigenvalue weighted by Gasteiger charge is 2.30. The van der Waals surface area contributed by atoms with Gasteiger partial charge in [0.25, 0.3) is 11.5 Å². The second kappa shape index (κ2) is 25.7. The van der Waals surface area contributed by atoms with Crippen molar-refractivity contribution in [1.29, 1.82) is 0 Å². The van der Waals surface area contributed by atoms with Crippen LogP contribution < -0.4 is 43.2 Å². The van der Waals surface area contributed by atoms with E-state index in [4.69, 9.17) is 20.9 Å². The van der Waals surface area contributed by atoms with Crippen molar-refractivity contribution in [3.8, 4) is 0 Å². The topological polar surface area (TPSA) is 365 Å². The molecule has 2 aliphatic rings. The number of H-pyrrole nitrogens is 1. The molecular formula is C47H56N14O11S2. The van der Waals surface area contributed by atoms with E-state index < -0.39 is 47.6 Å². The van der Waals surface area contributed by atoms with Gasteiger partial charge in [0.1, 0.15) is 30.3 Å². The van der Waals surface area contributed by atoms with E-state index in [1.54, 1.807) is 23.2 Å². The summed E-state index contributed by atoms with van der Waals surface area (Å²) < 4.78 is 10.6. The second-order valence-corrected chi connectivity index (χ2v) is 20.0. The quantitative estimate of drug-likeness (QED) is 0.0230. The van der Waals surface area contributed by atoms with Crippen LogP contribution in [0.4, 0.5) is 33.8 Å². The highest BCUT2D eigenvalue weighted by molar-refractivity contribution is 8.76. The Hall–Kier alpha value is -7.78. The maximum absolute atomic E-state index is 12.9. The first kappa shape index (κ1) is 54.0. The summed E-state index contributed by atoms with van der Waals surface area (Å²) in [5.74, 6) is -2.68. The molecule has 5 aromatic rings. The number of rotatable bonds is 25. The Labute approximate surface area is 431 Å². The van der Waals surface area contributed by atoms with Crippen LogP contribution in [0.15, 0.2) is 59.7 Å². The van der Waals surface area contributed by atoms with Crippen LogP contribution in [-0.4, -0.2) is 144 Å². The fraction of sp³-hybridized carbons (Fsp3) is 0.404. The number of nitrogens with zero attached hydrogens (tertiary/aromatic N) is 7. The molecule has 6 heterocycles. The summed E-state index contributed by atoms with van der Waals surface area (Å²) in [4.78, 5) is 114. The molecule has 1 unspecified atom stereocenters. The lowest BCUT2D eigenvalue weighted by molar-refractivity contribution is -0.142. The fourth-order valence-electron chi connectivity index (χ4n) is 8.09. The third-order valence-corrected chi connectivity index (χ3v) is 14.2. The number of carbonyl (C=O) groups excluding carboxylic acids is 4. The standard InChI is InChI=1S/C47H56N14O11S2/c1-26-17-35-32(40(48)54-26)18-38(63)61(35)23-27-4-10-36(52-19-27)50-12-14-60-13-2-3-28(22-60)24-72-47(70)71-15-16-73-74-25-34(45(68)69)56-37(62)11-9-33(44(66)67)57-42(64)29-5-7-30(8-6-29)51-20-31-21-53-41-39(55-31)43(65)59-46(49)58-41/h4-8,10,17,19,21,28,33-34,51H,2-3,9,11-16,18,20,22-25H2,1H3,(H2,48,54)(H,50,52)(H,56,62)(H,57,64)(H,66,67)(H,68,69)(H3,49,53,58,59,65)/t28?,33-,34-/m0/s1. The zero-order chi connectivity index (χ0) is 52.7. The highest BCUT2D eigenvalue weighted by atomic mass is 33.1. The summed E-state index contributed by atoms with van der Waals surface area (Å²) in [5, 5.41) is 30.7. The summed E-state index contributed by atoms with van der Waals surface area (Å²) in [6, 6.07) is 9.06. The summed E-state index contributed by atoms with van der Waals surface area (Å²) in [5.41, 5.74) is 15.5. The van der Waals surface area contributed by atoms with Gasteiger partial charge in [-0.2, -0.15) is 4.98 Å². The number of likely N-dealkylation sites (tertiary alicyclic amines) is 1. The van der Waals surface area contributed by atoms with E-state index in [2.05, 4.69) is 56.1 Å². The zero-order valence-electron chi connectivity index (χ0n) is 40.2. The average Bonchev–Trinajstić information content (AvgIpc) is 3.69. The molecule has 3 amide bonds. The Morgan fingerprint density at radius 3 is 2.49 bits per heavy atom. The maximum Gasteiger partial charge on any atom is 0.508 e. The first-order chi connectivity index (χ1) is 35.6. The molecular weight excluding hydrogens is 1000 g/mol. The number of hydrogen-bond donors (Lipinski definition) is 9. The molecule has 0 spiro atoms. The molecule has 3 atom stereocenters. The molecule has 1 fully saturated rings. The monoisotopic (exact) mass is 1060 g/mol. The summed E-state index contributed by atoms with van der Waals surface area (Å²) >= 11 is 0.